The van der Waals surface area contributed by atoms with Crippen LogP contribution in [0.25, 0.3) is 0 Å². The molecular formula is C23H32N4O2S. The van der Waals surface area contributed by atoms with E-state index in [0.29, 0.717) is 12.5 Å². The van der Waals surface area contributed by atoms with E-state index in [0.717, 1.165) is 87.0 Å². The summed E-state index contributed by atoms with van der Waals surface area (Å²) in [6.07, 6.45) is 9.60. The van der Waals surface area contributed by atoms with Crippen LogP contribution in [0.5, 0.6) is 0 Å². The van der Waals surface area contributed by atoms with Crippen molar-refractivity contribution in [3.05, 3.63) is 41.2 Å². The molecule has 0 radical (unpaired) electrons. The first-order valence-corrected chi connectivity index (χ1v) is 11.6. The third-order valence-electron chi connectivity index (χ3n) is 6.31. The van der Waals surface area contributed by atoms with Crippen LogP contribution in [-0.4, -0.2) is 71.2 Å². The van der Waals surface area contributed by atoms with Crippen LogP contribution in [-0.2, 0) is 4.74 Å². The maximum atomic E-state index is 13.2. The molecule has 0 aromatic carbocycles. The van der Waals surface area contributed by atoms with E-state index in [-0.39, 0.29) is 12.0 Å². The quantitative estimate of drug-likeness (QED) is 0.588. The molecule has 6 nitrogen and oxygen atoms in total. The number of aryl methyl sites for hydroxylation is 1. The van der Waals surface area contributed by atoms with E-state index < -0.39 is 0 Å². The first-order chi connectivity index (χ1) is 14.6. The number of pyridine rings is 1. The molecule has 1 atom stereocenters. The molecule has 1 aromatic rings. The zero-order chi connectivity index (χ0) is 20.9. The average Bonchev–Trinajstić information content (AvgIpc) is 3.31. The Morgan fingerprint density at radius 1 is 1.20 bits per heavy atom. The fourth-order valence-electron chi connectivity index (χ4n) is 4.54. The van der Waals surface area contributed by atoms with Crippen molar-refractivity contribution < 1.29 is 9.53 Å². The fraction of sp³-hybridized carbons (Fsp3) is 0.609. The Labute approximate surface area is 184 Å². The Hall–Kier alpha value is -1.99. The summed E-state index contributed by atoms with van der Waals surface area (Å²) in [5.74, 6) is 0.402. The summed E-state index contributed by atoms with van der Waals surface area (Å²) in [5.41, 5.74) is 2.71. The van der Waals surface area contributed by atoms with Crippen LogP contribution in [0.4, 0.5) is 0 Å². The van der Waals surface area contributed by atoms with Gasteiger partial charge in [-0.2, -0.15) is 0 Å². The number of piperidine rings is 1. The minimum absolute atomic E-state index is 0.109. The molecule has 0 aliphatic carbocycles. The van der Waals surface area contributed by atoms with Crippen molar-refractivity contribution in [2.45, 2.75) is 51.0 Å². The molecule has 1 aromatic heterocycles. The molecule has 0 spiro atoms. The van der Waals surface area contributed by atoms with E-state index in [1.54, 1.807) is 0 Å². The summed E-state index contributed by atoms with van der Waals surface area (Å²) < 4.78 is 5.67. The van der Waals surface area contributed by atoms with E-state index in [1.165, 1.54) is 0 Å². The second-order valence-corrected chi connectivity index (χ2v) is 8.87. The molecule has 3 aliphatic rings. The summed E-state index contributed by atoms with van der Waals surface area (Å²) in [4.78, 5) is 22.1. The molecule has 1 N–H and O–H groups in total. The zero-order valence-corrected chi connectivity index (χ0v) is 18.6. The van der Waals surface area contributed by atoms with Crippen molar-refractivity contribution in [2.24, 2.45) is 0 Å². The number of ether oxygens (including phenoxy) is 1. The molecular weight excluding hydrogens is 396 g/mol. The van der Waals surface area contributed by atoms with Crippen LogP contribution in [0.3, 0.4) is 0 Å². The summed E-state index contributed by atoms with van der Waals surface area (Å²) in [6.45, 7) is 6.90. The average molecular weight is 429 g/mol. The molecule has 4 heterocycles. The number of carbonyl (C=O) groups is 1. The first kappa shape index (κ1) is 21.2. The molecule has 1 unspecified atom stereocenters. The molecule has 30 heavy (non-hydrogen) atoms. The standard InChI is InChI=1S/C23H32N4O2S/c1-17-7-8-20(22(28)26-11-3-2-4-12-26)21(25-17)18-9-13-27(14-10-18)23(30)24-16-19-6-5-15-29-19/h2-3,7-8,18-19H,4-6,9-16H2,1H3,(H,24,30). The molecule has 0 saturated carbocycles. The van der Waals surface area contributed by atoms with Gasteiger partial charge in [0.25, 0.3) is 5.91 Å². The summed E-state index contributed by atoms with van der Waals surface area (Å²) in [5, 5.41) is 4.20. The topological polar surface area (TPSA) is 57.7 Å². The number of carbonyl (C=O) groups excluding carboxylic acids is 1. The molecule has 7 heteroatoms. The summed E-state index contributed by atoms with van der Waals surface area (Å²) >= 11 is 5.61. The van der Waals surface area contributed by atoms with Crippen molar-refractivity contribution in [1.82, 2.24) is 20.1 Å². The van der Waals surface area contributed by atoms with E-state index in [9.17, 15) is 4.79 Å². The minimum Gasteiger partial charge on any atom is -0.376 e. The number of hydrogen-bond acceptors (Lipinski definition) is 4. The zero-order valence-electron chi connectivity index (χ0n) is 17.8. The highest BCUT2D eigenvalue weighted by atomic mass is 32.1. The minimum atomic E-state index is 0.109. The van der Waals surface area contributed by atoms with Gasteiger partial charge in [0.1, 0.15) is 0 Å². The van der Waals surface area contributed by atoms with Crippen molar-refractivity contribution >= 4 is 23.2 Å². The van der Waals surface area contributed by atoms with Crippen LogP contribution >= 0.6 is 12.2 Å². The van der Waals surface area contributed by atoms with Crippen molar-refractivity contribution in [2.75, 3.05) is 39.3 Å². The van der Waals surface area contributed by atoms with Gasteiger partial charge in [0, 0.05) is 50.9 Å². The molecule has 2 fully saturated rings. The van der Waals surface area contributed by atoms with Crippen LogP contribution in [0, 0.1) is 6.92 Å². The highest BCUT2D eigenvalue weighted by Crippen LogP contribution is 2.30. The van der Waals surface area contributed by atoms with Gasteiger partial charge in [0.15, 0.2) is 5.11 Å². The fourth-order valence-corrected chi connectivity index (χ4v) is 4.81. The Kier molecular flexibility index (Phi) is 7.00. The predicted molar refractivity (Wildman–Crippen MR) is 122 cm³/mol. The molecule has 1 amide bonds. The smallest absolute Gasteiger partial charge is 0.256 e. The van der Waals surface area contributed by atoms with Gasteiger partial charge >= 0.3 is 0 Å². The lowest BCUT2D eigenvalue weighted by Gasteiger charge is -2.35. The highest BCUT2D eigenvalue weighted by molar-refractivity contribution is 7.80. The lowest BCUT2D eigenvalue weighted by molar-refractivity contribution is 0.0768. The van der Waals surface area contributed by atoms with Crippen molar-refractivity contribution in [3.63, 3.8) is 0 Å². The maximum absolute atomic E-state index is 13.2. The number of amides is 1. The van der Waals surface area contributed by atoms with Gasteiger partial charge in [-0.3, -0.25) is 9.78 Å². The van der Waals surface area contributed by atoms with E-state index in [2.05, 4.69) is 22.4 Å². The normalized spacial score (nSPS) is 22.4. The van der Waals surface area contributed by atoms with Crippen LogP contribution < -0.4 is 5.32 Å². The molecule has 3 aliphatic heterocycles. The molecule has 4 rings (SSSR count). The number of likely N-dealkylation sites (tertiary alicyclic amines) is 1. The van der Waals surface area contributed by atoms with Crippen LogP contribution in [0.15, 0.2) is 24.3 Å². The molecule has 2 saturated heterocycles. The van der Waals surface area contributed by atoms with Gasteiger partial charge in [-0.15, -0.1) is 0 Å². The number of nitrogens with one attached hydrogen (secondary N) is 1. The largest absolute Gasteiger partial charge is 0.376 e. The van der Waals surface area contributed by atoms with Gasteiger partial charge in [-0.05, 0) is 63.4 Å². The number of hydrogen-bond donors (Lipinski definition) is 1. The van der Waals surface area contributed by atoms with Gasteiger partial charge in [0.05, 0.1) is 17.4 Å². The van der Waals surface area contributed by atoms with Gasteiger partial charge in [0.2, 0.25) is 0 Å². The van der Waals surface area contributed by atoms with Crippen LogP contribution in [0.1, 0.15) is 59.8 Å². The van der Waals surface area contributed by atoms with E-state index in [4.69, 9.17) is 21.9 Å². The van der Waals surface area contributed by atoms with Gasteiger partial charge in [-0.1, -0.05) is 12.2 Å². The summed E-state index contributed by atoms with van der Waals surface area (Å²) in [7, 11) is 0. The lowest BCUT2D eigenvalue weighted by atomic mass is 9.89. The Balaban J connectivity index is 1.38. The van der Waals surface area contributed by atoms with Crippen LogP contribution in [0.2, 0.25) is 0 Å². The van der Waals surface area contributed by atoms with Crippen molar-refractivity contribution in [3.8, 4) is 0 Å². The highest BCUT2D eigenvalue weighted by Gasteiger charge is 2.29. The Bertz CT molecular complexity index is 798. The molecule has 162 valence electrons. The van der Waals surface area contributed by atoms with Crippen molar-refractivity contribution in [1.29, 1.82) is 0 Å². The first-order valence-electron chi connectivity index (χ1n) is 11.2. The second-order valence-electron chi connectivity index (χ2n) is 8.48. The number of nitrogens with zero attached hydrogens (tertiary/aromatic N) is 3. The maximum Gasteiger partial charge on any atom is 0.256 e. The SMILES string of the molecule is Cc1ccc(C(=O)N2CC=CCC2)c(C2CCN(C(=S)NCC3CCCO3)CC2)n1. The number of thiocarbonyl (C=S) groups is 1. The number of rotatable bonds is 4. The summed E-state index contributed by atoms with van der Waals surface area (Å²) in [6, 6.07) is 3.92. The van der Waals surface area contributed by atoms with Gasteiger partial charge in [-0.25, -0.2) is 0 Å². The second kappa shape index (κ2) is 9.88. The van der Waals surface area contributed by atoms with E-state index >= 15 is 0 Å². The lowest BCUT2D eigenvalue weighted by Crippen LogP contribution is -2.46. The third kappa shape index (κ3) is 5.01. The van der Waals surface area contributed by atoms with Gasteiger partial charge < -0.3 is 19.9 Å². The van der Waals surface area contributed by atoms with E-state index in [1.807, 2.05) is 24.0 Å². The Morgan fingerprint density at radius 2 is 2.03 bits per heavy atom. The molecule has 0 bridgehead atoms. The predicted octanol–water partition coefficient (Wildman–Crippen LogP) is 3.03. The third-order valence-corrected chi connectivity index (χ3v) is 6.72. The number of aromatic nitrogens is 1. The monoisotopic (exact) mass is 428 g/mol. The Morgan fingerprint density at radius 3 is 2.73 bits per heavy atom.